The molecule has 7 aliphatic carbocycles. The Balaban J connectivity index is 1.76. The van der Waals surface area contributed by atoms with Gasteiger partial charge in [-0.15, -0.1) is 0 Å². The second-order valence-electron chi connectivity index (χ2n) is 8.13. The van der Waals surface area contributed by atoms with Gasteiger partial charge in [-0.3, -0.25) is 0 Å². The van der Waals surface area contributed by atoms with E-state index in [2.05, 4.69) is 6.92 Å². The van der Waals surface area contributed by atoms with Crippen molar-refractivity contribution in [3.05, 3.63) is 0 Å². The van der Waals surface area contributed by atoms with Crippen molar-refractivity contribution < 1.29 is 0 Å². The lowest BCUT2D eigenvalue weighted by molar-refractivity contribution is -0.258. The van der Waals surface area contributed by atoms with Crippen molar-refractivity contribution in [1.29, 1.82) is 0 Å². The van der Waals surface area contributed by atoms with Crippen LogP contribution in [0.4, 0.5) is 0 Å². The lowest BCUT2D eigenvalue weighted by Crippen LogP contribution is -2.77. The van der Waals surface area contributed by atoms with E-state index in [0.717, 1.165) is 35.5 Å². The van der Waals surface area contributed by atoms with Crippen molar-refractivity contribution in [1.82, 2.24) is 0 Å². The summed E-state index contributed by atoms with van der Waals surface area (Å²) in [5.74, 6) is 6.00. The Hall–Kier alpha value is -0.0400. The molecule has 7 aliphatic rings. The molecule has 7 rings (SSSR count). The van der Waals surface area contributed by atoms with E-state index in [1.807, 2.05) is 0 Å². The topological polar surface area (TPSA) is 26.0 Å². The largest absolute Gasteiger partial charge is 0.325 e. The standard InChI is InChI=1S/C15H23N/c1-14-6-9-2-10-11(14)3-8-4-12(10)15(16,7-9)13(14)5-8/h8-13H,2-7,16H2,1H3/t8-,9-,10+,11+,12-,13+,14-,15-/m0/s1. The fraction of sp³-hybridized carbons (Fsp3) is 1.00. The summed E-state index contributed by atoms with van der Waals surface area (Å²) in [4.78, 5) is 0. The molecule has 0 aromatic carbocycles. The Bertz CT molecular complexity index is 348. The first kappa shape index (κ1) is 8.97. The summed E-state index contributed by atoms with van der Waals surface area (Å²) in [6.07, 6.45) is 9.00. The Morgan fingerprint density at radius 1 is 0.938 bits per heavy atom. The molecule has 8 bridgehead atoms. The van der Waals surface area contributed by atoms with Gasteiger partial charge >= 0.3 is 0 Å². The Morgan fingerprint density at radius 2 is 1.75 bits per heavy atom. The van der Waals surface area contributed by atoms with Gasteiger partial charge in [0, 0.05) is 5.54 Å². The quantitative estimate of drug-likeness (QED) is 0.663. The first-order valence-corrected chi connectivity index (χ1v) is 7.40. The predicted molar refractivity (Wildman–Crippen MR) is 63.7 cm³/mol. The molecule has 0 heterocycles. The maximum Gasteiger partial charge on any atom is 0.0222 e. The highest BCUT2D eigenvalue weighted by molar-refractivity contribution is 5.24. The molecule has 7 fully saturated rings. The minimum Gasteiger partial charge on any atom is -0.325 e. The second kappa shape index (κ2) is 2.25. The minimum atomic E-state index is 0.286. The van der Waals surface area contributed by atoms with E-state index in [-0.39, 0.29) is 5.54 Å². The molecule has 0 aromatic heterocycles. The third kappa shape index (κ3) is 0.698. The van der Waals surface area contributed by atoms with Crippen molar-refractivity contribution in [2.24, 2.45) is 46.7 Å². The summed E-state index contributed by atoms with van der Waals surface area (Å²) in [5, 5.41) is 0. The van der Waals surface area contributed by atoms with Gasteiger partial charge in [-0.2, -0.15) is 0 Å². The van der Waals surface area contributed by atoms with Gasteiger partial charge in [0.1, 0.15) is 0 Å². The van der Waals surface area contributed by atoms with Crippen LogP contribution in [0, 0.1) is 40.9 Å². The van der Waals surface area contributed by atoms with Gasteiger partial charge in [0.15, 0.2) is 0 Å². The van der Waals surface area contributed by atoms with Gasteiger partial charge in [-0.05, 0) is 79.4 Å². The molecule has 0 amide bonds. The zero-order valence-corrected chi connectivity index (χ0v) is 10.3. The summed E-state index contributed by atoms with van der Waals surface area (Å²) in [7, 11) is 0. The Kier molecular flexibility index (Phi) is 1.26. The van der Waals surface area contributed by atoms with Crippen LogP contribution in [0.5, 0.6) is 0 Å². The van der Waals surface area contributed by atoms with Crippen LogP contribution < -0.4 is 5.73 Å². The second-order valence-corrected chi connectivity index (χ2v) is 8.13. The van der Waals surface area contributed by atoms with E-state index in [1.165, 1.54) is 25.7 Å². The van der Waals surface area contributed by atoms with Crippen molar-refractivity contribution >= 4 is 0 Å². The summed E-state index contributed by atoms with van der Waals surface area (Å²) in [5.41, 5.74) is 7.88. The maximum atomic E-state index is 6.94. The summed E-state index contributed by atoms with van der Waals surface area (Å²) in [6.45, 7) is 2.61. The molecule has 0 aromatic rings. The number of rotatable bonds is 0. The highest BCUT2D eigenvalue weighted by Gasteiger charge is 2.72. The number of hydrogen-bond donors (Lipinski definition) is 1. The number of nitrogens with two attached hydrogens (primary N) is 1. The van der Waals surface area contributed by atoms with Gasteiger partial charge in [0.2, 0.25) is 0 Å². The van der Waals surface area contributed by atoms with E-state index >= 15 is 0 Å². The summed E-state index contributed by atoms with van der Waals surface area (Å²) in [6, 6.07) is 0. The monoisotopic (exact) mass is 217 g/mol. The Morgan fingerprint density at radius 3 is 2.62 bits per heavy atom. The van der Waals surface area contributed by atoms with Crippen LogP contribution in [0.2, 0.25) is 0 Å². The van der Waals surface area contributed by atoms with Gasteiger partial charge in [-0.1, -0.05) is 6.92 Å². The SMILES string of the molecule is C[C@]12C[C@@H]3C[C@@H]4[C@H]1C[C@@H]1C[C@H]2[C@](N)(C3)[C@H]4C1. The lowest BCUT2D eigenvalue weighted by Gasteiger charge is -2.77. The molecule has 0 aliphatic heterocycles. The van der Waals surface area contributed by atoms with Crippen LogP contribution in [-0.2, 0) is 0 Å². The fourth-order valence-electron chi connectivity index (χ4n) is 7.63. The van der Waals surface area contributed by atoms with Crippen molar-refractivity contribution in [3.63, 3.8) is 0 Å². The first-order chi connectivity index (χ1) is 7.61. The van der Waals surface area contributed by atoms with Gasteiger partial charge < -0.3 is 5.73 Å². The molecule has 1 nitrogen and oxygen atoms in total. The minimum absolute atomic E-state index is 0.286. The molecule has 1 heteroatoms. The third-order valence-electron chi connectivity index (χ3n) is 7.74. The van der Waals surface area contributed by atoms with E-state index in [9.17, 15) is 0 Å². The molecule has 0 spiro atoms. The molecule has 7 saturated carbocycles. The van der Waals surface area contributed by atoms with Gasteiger partial charge in [0.25, 0.3) is 0 Å². The summed E-state index contributed by atoms with van der Waals surface area (Å²) >= 11 is 0. The highest BCUT2D eigenvalue weighted by Crippen LogP contribution is 2.76. The van der Waals surface area contributed by atoms with Gasteiger partial charge in [-0.25, -0.2) is 0 Å². The van der Waals surface area contributed by atoms with Crippen LogP contribution in [0.3, 0.4) is 0 Å². The predicted octanol–water partition coefficient (Wildman–Crippen LogP) is 2.80. The van der Waals surface area contributed by atoms with Crippen molar-refractivity contribution in [2.45, 2.75) is 51.0 Å². The van der Waals surface area contributed by atoms with E-state index in [0.29, 0.717) is 5.41 Å². The van der Waals surface area contributed by atoms with E-state index in [1.54, 1.807) is 12.8 Å². The molecule has 0 saturated heterocycles. The summed E-state index contributed by atoms with van der Waals surface area (Å²) < 4.78 is 0. The van der Waals surface area contributed by atoms with Crippen LogP contribution in [0.25, 0.3) is 0 Å². The highest BCUT2D eigenvalue weighted by atomic mass is 14.9. The molecule has 2 N–H and O–H groups in total. The third-order valence-corrected chi connectivity index (χ3v) is 7.74. The van der Waals surface area contributed by atoms with Crippen molar-refractivity contribution in [2.75, 3.05) is 0 Å². The smallest absolute Gasteiger partial charge is 0.0222 e. The lowest BCUT2D eigenvalue weighted by atomic mass is 9.29. The zero-order valence-electron chi connectivity index (χ0n) is 10.3. The van der Waals surface area contributed by atoms with Crippen LogP contribution in [-0.4, -0.2) is 5.54 Å². The maximum absolute atomic E-state index is 6.94. The van der Waals surface area contributed by atoms with Crippen LogP contribution in [0.1, 0.15) is 45.4 Å². The first-order valence-electron chi connectivity index (χ1n) is 7.40. The average Bonchev–Trinajstić information content (AvgIpc) is 2.24. The number of hydrogen-bond acceptors (Lipinski definition) is 1. The Labute approximate surface area is 98.2 Å². The zero-order chi connectivity index (χ0) is 10.7. The normalized spacial score (nSPS) is 73.9. The van der Waals surface area contributed by atoms with Crippen LogP contribution in [0.15, 0.2) is 0 Å². The van der Waals surface area contributed by atoms with Crippen LogP contribution >= 0.6 is 0 Å². The molecule has 88 valence electrons. The molecule has 16 heavy (non-hydrogen) atoms. The molecule has 0 radical (unpaired) electrons. The average molecular weight is 217 g/mol. The van der Waals surface area contributed by atoms with E-state index < -0.39 is 0 Å². The van der Waals surface area contributed by atoms with Gasteiger partial charge in [0.05, 0.1) is 0 Å². The molecular formula is C15H23N. The van der Waals surface area contributed by atoms with Crippen molar-refractivity contribution in [3.8, 4) is 0 Å². The van der Waals surface area contributed by atoms with E-state index in [4.69, 9.17) is 5.73 Å². The molecular weight excluding hydrogens is 194 g/mol. The molecule has 0 unspecified atom stereocenters. The molecule has 8 atom stereocenters. The fourth-order valence-corrected chi connectivity index (χ4v) is 7.63.